The summed E-state index contributed by atoms with van der Waals surface area (Å²) >= 11 is 0. The molecular formula is C21H25N3O5. The summed E-state index contributed by atoms with van der Waals surface area (Å²) in [5, 5.41) is 30.0. The number of benzene rings is 1. The van der Waals surface area contributed by atoms with Gasteiger partial charge in [0.1, 0.15) is 6.04 Å². The van der Waals surface area contributed by atoms with E-state index >= 15 is 0 Å². The number of hydrogen-bond donors (Lipinski definition) is 6. The smallest absolute Gasteiger partial charge is 0.267 e. The van der Waals surface area contributed by atoms with Crippen LogP contribution in [0.4, 0.5) is 0 Å². The zero-order valence-corrected chi connectivity index (χ0v) is 16.3. The second kappa shape index (κ2) is 9.55. The van der Waals surface area contributed by atoms with Crippen LogP contribution in [-0.2, 0) is 4.79 Å². The van der Waals surface area contributed by atoms with Gasteiger partial charge in [-0.15, -0.1) is 0 Å². The minimum atomic E-state index is -1.12. The van der Waals surface area contributed by atoms with Crippen LogP contribution in [-0.4, -0.2) is 51.5 Å². The number of aliphatic hydroxyl groups is 2. The van der Waals surface area contributed by atoms with E-state index in [0.29, 0.717) is 17.5 Å². The van der Waals surface area contributed by atoms with Gasteiger partial charge in [0.15, 0.2) is 0 Å². The maximum Gasteiger partial charge on any atom is 0.267 e. The number of carbonyl (C=O) groups is 2. The summed E-state index contributed by atoms with van der Waals surface area (Å²) in [5.41, 5.74) is 7.25. The maximum absolute atomic E-state index is 12.4. The van der Waals surface area contributed by atoms with Crippen LogP contribution in [0.1, 0.15) is 36.2 Å². The van der Waals surface area contributed by atoms with Crippen molar-refractivity contribution in [2.45, 2.75) is 38.0 Å². The summed E-state index contributed by atoms with van der Waals surface area (Å²) in [4.78, 5) is 24.1. The van der Waals surface area contributed by atoms with Crippen LogP contribution in [0, 0.1) is 35.5 Å². The lowest BCUT2D eigenvalue weighted by Gasteiger charge is -2.37. The monoisotopic (exact) mass is 399 g/mol. The van der Waals surface area contributed by atoms with E-state index in [0.717, 1.165) is 0 Å². The first-order valence-corrected chi connectivity index (χ1v) is 9.11. The van der Waals surface area contributed by atoms with E-state index in [1.807, 2.05) is 0 Å². The Hall–Kier alpha value is -2.88. The minimum absolute atomic E-state index is 0.0498. The van der Waals surface area contributed by atoms with E-state index in [1.165, 1.54) is 5.48 Å². The molecule has 154 valence electrons. The molecule has 0 aromatic heterocycles. The molecule has 7 N–H and O–H groups in total. The average molecular weight is 399 g/mol. The third-order valence-electron chi connectivity index (χ3n) is 4.78. The van der Waals surface area contributed by atoms with Crippen molar-refractivity contribution < 1.29 is 25.0 Å². The fourth-order valence-corrected chi connectivity index (χ4v) is 2.90. The first-order chi connectivity index (χ1) is 13.7. The van der Waals surface area contributed by atoms with Gasteiger partial charge in [0.25, 0.3) is 11.8 Å². The fourth-order valence-electron chi connectivity index (χ4n) is 2.90. The Morgan fingerprint density at radius 1 is 1.28 bits per heavy atom. The molecule has 4 atom stereocenters. The summed E-state index contributed by atoms with van der Waals surface area (Å²) in [6.07, 6.45) is 0.0392. The molecule has 8 heteroatoms. The van der Waals surface area contributed by atoms with Crippen molar-refractivity contribution >= 4 is 11.8 Å². The Morgan fingerprint density at radius 3 is 2.45 bits per heavy atom. The number of rotatable bonds is 5. The molecule has 0 heterocycles. The average Bonchev–Trinajstić information content (AvgIpc) is 2.67. The Labute approximate surface area is 169 Å². The SMILES string of the molecule is CC(C)(N)[C@H](NC(=O)c1ccc(C#CC#C[C@H]2C[C@H](O)[C@H]2CO)cc1)C(=O)NO. The molecule has 1 aliphatic carbocycles. The second-order valence-electron chi connectivity index (χ2n) is 7.56. The standard InChI is InChI=1S/C21H25N3O5/c1-21(2,22)18(20(28)24-29)23-19(27)14-9-7-13(8-10-14)5-3-4-6-15-11-17(26)16(15)12-25/h7-10,15-18,25-26,29H,11-12,22H2,1-2H3,(H,23,27)(H,24,28)/t15-,16-,17-,18+/m0/s1. The topological polar surface area (TPSA) is 145 Å². The number of nitrogens with one attached hydrogen (secondary N) is 2. The highest BCUT2D eigenvalue weighted by Gasteiger charge is 2.38. The molecule has 0 bridgehead atoms. The van der Waals surface area contributed by atoms with Gasteiger partial charge in [-0.05, 0) is 56.4 Å². The van der Waals surface area contributed by atoms with Gasteiger partial charge in [-0.25, -0.2) is 5.48 Å². The van der Waals surface area contributed by atoms with E-state index in [2.05, 4.69) is 29.0 Å². The third kappa shape index (κ3) is 5.80. The molecule has 1 fully saturated rings. The highest BCUT2D eigenvalue weighted by Crippen LogP contribution is 2.33. The number of hydrogen-bond acceptors (Lipinski definition) is 6. The Balaban J connectivity index is 2.00. The quantitative estimate of drug-likeness (QED) is 0.221. The molecule has 1 aromatic carbocycles. The Bertz CT molecular complexity index is 868. The Kier molecular flexibility index (Phi) is 7.38. The molecule has 2 rings (SSSR count). The van der Waals surface area contributed by atoms with Crippen molar-refractivity contribution in [3.63, 3.8) is 0 Å². The molecule has 0 aliphatic heterocycles. The Morgan fingerprint density at radius 2 is 1.93 bits per heavy atom. The molecule has 1 saturated carbocycles. The van der Waals surface area contributed by atoms with Crippen molar-refractivity contribution in [3.8, 4) is 23.7 Å². The van der Waals surface area contributed by atoms with Crippen LogP contribution in [0.2, 0.25) is 0 Å². The van der Waals surface area contributed by atoms with Crippen molar-refractivity contribution in [2.24, 2.45) is 17.6 Å². The molecule has 1 aromatic rings. The number of amides is 2. The normalized spacial score (nSPS) is 21.4. The lowest BCUT2D eigenvalue weighted by atomic mass is 9.72. The number of aliphatic hydroxyl groups excluding tert-OH is 2. The molecular weight excluding hydrogens is 374 g/mol. The molecule has 0 spiro atoms. The van der Waals surface area contributed by atoms with Crippen LogP contribution in [0.15, 0.2) is 24.3 Å². The van der Waals surface area contributed by atoms with Gasteiger partial charge in [-0.1, -0.05) is 11.8 Å². The van der Waals surface area contributed by atoms with Gasteiger partial charge < -0.3 is 21.3 Å². The van der Waals surface area contributed by atoms with Gasteiger partial charge in [-0.2, -0.15) is 0 Å². The van der Waals surface area contributed by atoms with Gasteiger partial charge >= 0.3 is 0 Å². The van der Waals surface area contributed by atoms with Crippen molar-refractivity contribution in [1.82, 2.24) is 10.8 Å². The molecule has 0 radical (unpaired) electrons. The minimum Gasteiger partial charge on any atom is -0.396 e. The van der Waals surface area contributed by atoms with E-state index in [-0.39, 0.29) is 18.4 Å². The third-order valence-corrected chi connectivity index (χ3v) is 4.78. The first kappa shape index (κ1) is 22.4. The van der Waals surface area contributed by atoms with Crippen LogP contribution < -0.4 is 16.5 Å². The predicted octanol–water partition coefficient (Wildman–Crippen LogP) is -0.628. The first-order valence-electron chi connectivity index (χ1n) is 9.11. The van der Waals surface area contributed by atoms with Gasteiger partial charge in [0.05, 0.1) is 6.10 Å². The molecule has 1 aliphatic rings. The van der Waals surface area contributed by atoms with E-state index in [1.54, 1.807) is 38.1 Å². The van der Waals surface area contributed by atoms with E-state index in [4.69, 9.17) is 16.0 Å². The molecule has 2 amide bonds. The summed E-state index contributed by atoms with van der Waals surface area (Å²) in [6, 6.07) is 5.26. The molecule has 0 saturated heterocycles. The van der Waals surface area contributed by atoms with Crippen LogP contribution in [0.3, 0.4) is 0 Å². The van der Waals surface area contributed by atoms with Gasteiger partial charge in [0.2, 0.25) is 0 Å². The van der Waals surface area contributed by atoms with Crippen LogP contribution in [0.5, 0.6) is 0 Å². The van der Waals surface area contributed by atoms with Crippen molar-refractivity contribution in [1.29, 1.82) is 0 Å². The number of hydroxylamine groups is 1. The number of carbonyl (C=O) groups excluding carboxylic acids is 2. The maximum atomic E-state index is 12.4. The van der Waals surface area contributed by atoms with Crippen LogP contribution in [0.25, 0.3) is 0 Å². The zero-order valence-electron chi connectivity index (χ0n) is 16.3. The van der Waals surface area contributed by atoms with Crippen LogP contribution >= 0.6 is 0 Å². The summed E-state index contributed by atoms with van der Waals surface area (Å²) in [6.45, 7) is 3.01. The lowest BCUT2D eigenvalue weighted by Crippen LogP contribution is -2.61. The molecule has 0 unspecified atom stereocenters. The van der Waals surface area contributed by atoms with Crippen molar-refractivity contribution in [2.75, 3.05) is 6.61 Å². The predicted molar refractivity (Wildman–Crippen MR) is 105 cm³/mol. The summed E-state index contributed by atoms with van der Waals surface area (Å²) in [5.74, 6) is 9.62. The lowest BCUT2D eigenvalue weighted by molar-refractivity contribution is -0.132. The highest BCUT2D eigenvalue weighted by atomic mass is 16.5. The highest BCUT2D eigenvalue weighted by molar-refractivity contribution is 5.97. The zero-order chi connectivity index (χ0) is 21.6. The van der Waals surface area contributed by atoms with Gasteiger partial charge in [0, 0.05) is 35.1 Å². The molecule has 29 heavy (non-hydrogen) atoms. The summed E-state index contributed by atoms with van der Waals surface area (Å²) < 4.78 is 0. The summed E-state index contributed by atoms with van der Waals surface area (Å²) in [7, 11) is 0. The van der Waals surface area contributed by atoms with E-state index in [9.17, 15) is 14.7 Å². The van der Waals surface area contributed by atoms with Crippen molar-refractivity contribution in [3.05, 3.63) is 35.4 Å². The largest absolute Gasteiger partial charge is 0.396 e. The number of nitrogens with two attached hydrogens (primary N) is 1. The second-order valence-corrected chi connectivity index (χ2v) is 7.56. The van der Waals surface area contributed by atoms with Gasteiger partial charge in [-0.3, -0.25) is 14.8 Å². The fraction of sp³-hybridized carbons (Fsp3) is 0.429. The molecule has 8 nitrogen and oxygen atoms in total. The van der Waals surface area contributed by atoms with E-state index < -0.39 is 29.5 Å².